The molecule has 0 amide bonds. The average molecular weight is 670 g/mol. The van der Waals surface area contributed by atoms with Gasteiger partial charge in [-0.25, -0.2) is 9.37 Å². The fourth-order valence-corrected chi connectivity index (χ4v) is 7.33. The summed E-state index contributed by atoms with van der Waals surface area (Å²) in [5.74, 6) is -0.642. The molecular weight excluding hydrogens is 631 g/mol. The molecule has 5 aromatic rings. The summed E-state index contributed by atoms with van der Waals surface area (Å²) in [4.78, 5) is 20.4. The van der Waals surface area contributed by atoms with Gasteiger partial charge in [-0.3, -0.25) is 14.6 Å². The van der Waals surface area contributed by atoms with E-state index in [2.05, 4.69) is 54.3 Å². The number of fused-ring (bicyclic) bond motifs is 1. The number of rotatable bonds is 10. The summed E-state index contributed by atoms with van der Waals surface area (Å²) in [5.41, 5.74) is 9.49. The molecular formula is C39H38F3N3O4. The van der Waals surface area contributed by atoms with E-state index in [0.717, 1.165) is 57.6 Å². The smallest absolute Gasteiger partial charge is 0.387 e. The third-order valence-corrected chi connectivity index (χ3v) is 9.88. The lowest BCUT2D eigenvalue weighted by Crippen LogP contribution is -2.35. The van der Waals surface area contributed by atoms with Crippen LogP contribution in [0.15, 0.2) is 77.2 Å². The first kappa shape index (κ1) is 32.9. The second-order valence-electron chi connectivity index (χ2n) is 13.1. The molecule has 3 heterocycles. The standard InChI is InChI=1S/C39H38F3N3O4/c1-23-29(26-13-11-25(12-14-26)20-44-17-15-28(40)22-44)6-3-7-30(23)31-8-4-9-32(24(31)2)37-43-33-18-27(21-45-16-5-10-34(45)38(46)47)35(49-39(41)42)19-36(33)48-37/h3-4,6-9,11-14,18-19,28,34,39H,5,10,15-17,20-22H2,1-2H3,(H,46,47)/t28?,34-/m0/s1. The minimum atomic E-state index is -3.05. The molecule has 7 nitrogen and oxygen atoms in total. The lowest BCUT2D eigenvalue weighted by atomic mass is 9.89. The van der Waals surface area contributed by atoms with Gasteiger partial charge in [-0.2, -0.15) is 8.78 Å². The Morgan fingerprint density at radius 1 is 0.939 bits per heavy atom. The molecule has 0 aliphatic carbocycles. The summed E-state index contributed by atoms with van der Waals surface area (Å²) in [6.45, 7) is 3.78. The zero-order valence-corrected chi connectivity index (χ0v) is 27.5. The maximum atomic E-state index is 13.6. The van der Waals surface area contributed by atoms with Crippen LogP contribution in [0.4, 0.5) is 13.2 Å². The zero-order chi connectivity index (χ0) is 34.2. The number of hydrogen-bond donors (Lipinski definition) is 1. The van der Waals surface area contributed by atoms with Crippen molar-refractivity contribution in [2.75, 3.05) is 19.6 Å². The minimum absolute atomic E-state index is 0.0587. The van der Waals surface area contributed by atoms with Crippen LogP contribution in [0.3, 0.4) is 0 Å². The first-order valence-corrected chi connectivity index (χ1v) is 16.7. The van der Waals surface area contributed by atoms with E-state index in [9.17, 15) is 23.1 Å². The second kappa shape index (κ2) is 13.7. The molecule has 2 fully saturated rings. The number of ether oxygens (including phenoxy) is 1. The van der Waals surface area contributed by atoms with E-state index in [1.807, 2.05) is 25.1 Å². The van der Waals surface area contributed by atoms with Crippen LogP contribution >= 0.6 is 0 Å². The van der Waals surface area contributed by atoms with E-state index in [4.69, 9.17) is 14.1 Å². The molecule has 1 N–H and O–H groups in total. The highest BCUT2D eigenvalue weighted by Gasteiger charge is 2.31. The van der Waals surface area contributed by atoms with Crippen LogP contribution in [0.5, 0.6) is 5.75 Å². The Morgan fingerprint density at radius 2 is 1.63 bits per heavy atom. The van der Waals surface area contributed by atoms with E-state index in [1.54, 1.807) is 11.0 Å². The number of alkyl halides is 3. The summed E-state index contributed by atoms with van der Waals surface area (Å²) in [6, 6.07) is 23.0. The Hall–Kier alpha value is -4.67. The highest BCUT2D eigenvalue weighted by molar-refractivity contribution is 5.85. The fourth-order valence-electron chi connectivity index (χ4n) is 7.33. The summed E-state index contributed by atoms with van der Waals surface area (Å²) in [7, 11) is 0. The van der Waals surface area contributed by atoms with Crippen LogP contribution in [0.1, 0.15) is 41.5 Å². The SMILES string of the molecule is Cc1c(-c2ccc(CN3CCC(F)C3)cc2)cccc1-c1cccc(-c2nc3cc(CN4CCC[C@H]4C(=O)O)c(OC(F)F)cc3o2)c1C. The summed E-state index contributed by atoms with van der Waals surface area (Å²) in [6.07, 6.45) is 1.08. The van der Waals surface area contributed by atoms with Gasteiger partial charge < -0.3 is 14.3 Å². The van der Waals surface area contributed by atoms with Crippen molar-refractivity contribution < 1.29 is 32.2 Å². The predicted octanol–water partition coefficient (Wildman–Crippen LogP) is 8.64. The Morgan fingerprint density at radius 3 is 2.31 bits per heavy atom. The Kier molecular flexibility index (Phi) is 9.17. The highest BCUT2D eigenvalue weighted by atomic mass is 19.3. The van der Waals surface area contributed by atoms with Crippen molar-refractivity contribution >= 4 is 17.1 Å². The minimum Gasteiger partial charge on any atom is -0.480 e. The molecule has 2 aliphatic rings. The number of aliphatic carboxylic acids is 1. The van der Waals surface area contributed by atoms with Crippen molar-refractivity contribution in [2.24, 2.45) is 0 Å². The lowest BCUT2D eigenvalue weighted by Gasteiger charge is -2.22. The molecule has 0 spiro atoms. The molecule has 254 valence electrons. The number of aromatic nitrogens is 1. The first-order valence-electron chi connectivity index (χ1n) is 16.7. The number of carboxylic acids is 1. The van der Waals surface area contributed by atoms with Gasteiger partial charge in [-0.15, -0.1) is 0 Å². The van der Waals surface area contributed by atoms with Crippen LogP contribution < -0.4 is 4.74 Å². The van der Waals surface area contributed by atoms with Crippen LogP contribution in [-0.2, 0) is 17.9 Å². The molecule has 4 aromatic carbocycles. The van der Waals surface area contributed by atoms with Gasteiger partial charge in [0.05, 0.1) is 0 Å². The molecule has 49 heavy (non-hydrogen) atoms. The quantitative estimate of drug-likeness (QED) is 0.160. The Labute approximate surface area is 282 Å². The third kappa shape index (κ3) is 6.80. The van der Waals surface area contributed by atoms with Crippen LogP contribution in [-0.4, -0.2) is 64.3 Å². The molecule has 2 saturated heterocycles. The van der Waals surface area contributed by atoms with Crippen molar-refractivity contribution in [3.63, 3.8) is 0 Å². The largest absolute Gasteiger partial charge is 0.480 e. The molecule has 2 atom stereocenters. The molecule has 0 bridgehead atoms. The second-order valence-corrected chi connectivity index (χ2v) is 13.1. The van der Waals surface area contributed by atoms with E-state index in [1.165, 1.54) is 6.07 Å². The molecule has 1 unspecified atom stereocenters. The van der Waals surface area contributed by atoms with Crippen molar-refractivity contribution in [3.8, 4) is 39.5 Å². The van der Waals surface area contributed by atoms with E-state index >= 15 is 0 Å². The number of carboxylic acid groups (broad SMARTS) is 1. The topological polar surface area (TPSA) is 79.0 Å². The summed E-state index contributed by atoms with van der Waals surface area (Å²) in [5, 5.41) is 9.63. The van der Waals surface area contributed by atoms with Gasteiger partial charge in [-0.1, -0.05) is 54.6 Å². The van der Waals surface area contributed by atoms with Crippen molar-refractivity contribution in [2.45, 2.75) is 65.0 Å². The average Bonchev–Trinajstić information content (AvgIpc) is 3.82. The van der Waals surface area contributed by atoms with Gasteiger partial charge in [0.1, 0.15) is 23.5 Å². The van der Waals surface area contributed by atoms with Gasteiger partial charge in [0.15, 0.2) is 5.58 Å². The third-order valence-electron chi connectivity index (χ3n) is 9.88. The number of nitrogens with zero attached hydrogens (tertiary/aromatic N) is 3. The maximum absolute atomic E-state index is 13.6. The van der Waals surface area contributed by atoms with Crippen molar-refractivity contribution in [1.29, 1.82) is 0 Å². The van der Waals surface area contributed by atoms with Crippen molar-refractivity contribution in [3.05, 3.63) is 95.1 Å². The van der Waals surface area contributed by atoms with Gasteiger partial charge >= 0.3 is 12.6 Å². The number of likely N-dealkylation sites (tertiary alicyclic amines) is 2. The molecule has 7 rings (SSSR count). The Balaban J connectivity index is 1.19. The van der Waals surface area contributed by atoms with E-state index < -0.39 is 24.8 Å². The molecule has 0 radical (unpaired) electrons. The van der Waals surface area contributed by atoms with Crippen LogP contribution in [0.25, 0.3) is 44.8 Å². The molecule has 1 aromatic heterocycles. The van der Waals surface area contributed by atoms with Gasteiger partial charge in [0.25, 0.3) is 0 Å². The van der Waals surface area contributed by atoms with Crippen molar-refractivity contribution in [1.82, 2.24) is 14.8 Å². The van der Waals surface area contributed by atoms with Crippen LogP contribution in [0.2, 0.25) is 0 Å². The van der Waals surface area contributed by atoms with E-state index in [0.29, 0.717) is 54.9 Å². The maximum Gasteiger partial charge on any atom is 0.387 e. The number of benzene rings is 4. The number of oxazole rings is 1. The predicted molar refractivity (Wildman–Crippen MR) is 182 cm³/mol. The monoisotopic (exact) mass is 669 g/mol. The normalized spacial score (nSPS) is 18.6. The Bertz CT molecular complexity index is 1990. The molecule has 10 heteroatoms. The summed E-state index contributed by atoms with van der Waals surface area (Å²) < 4.78 is 51.5. The van der Waals surface area contributed by atoms with Gasteiger partial charge in [0.2, 0.25) is 5.89 Å². The van der Waals surface area contributed by atoms with Gasteiger partial charge in [-0.05, 0) is 90.7 Å². The number of halogens is 3. The lowest BCUT2D eigenvalue weighted by molar-refractivity contribution is -0.142. The zero-order valence-electron chi connectivity index (χ0n) is 27.5. The van der Waals surface area contributed by atoms with E-state index in [-0.39, 0.29) is 12.3 Å². The number of carbonyl (C=O) groups is 1. The molecule has 0 saturated carbocycles. The van der Waals surface area contributed by atoms with Gasteiger partial charge in [0, 0.05) is 43.4 Å². The summed E-state index contributed by atoms with van der Waals surface area (Å²) >= 11 is 0. The molecule has 2 aliphatic heterocycles. The highest BCUT2D eigenvalue weighted by Crippen LogP contribution is 2.39. The first-order chi connectivity index (χ1) is 23.6. The van der Waals surface area contributed by atoms with Crippen LogP contribution in [0, 0.1) is 13.8 Å². The fraction of sp³-hybridized carbons (Fsp3) is 0.333. The number of hydrogen-bond acceptors (Lipinski definition) is 6.